The number of amidine groups is 1. The van der Waals surface area contributed by atoms with Crippen LogP contribution in [0.3, 0.4) is 0 Å². The summed E-state index contributed by atoms with van der Waals surface area (Å²) in [5.74, 6) is 1.10. The molecule has 0 saturated heterocycles. The molecule has 0 aliphatic heterocycles. The smallest absolute Gasteiger partial charge is 0.308 e. The number of carbonyl (C=O) groups excluding carboxylic acids is 1. The second-order valence-corrected chi connectivity index (χ2v) is 5.96. The maximum absolute atomic E-state index is 11.1. The van der Waals surface area contributed by atoms with Crippen molar-refractivity contribution in [2.24, 2.45) is 15.9 Å². The first-order valence-electron chi connectivity index (χ1n) is 7.48. The van der Waals surface area contributed by atoms with Crippen LogP contribution in [0.15, 0.2) is 58.7 Å². The third-order valence-electron chi connectivity index (χ3n) is 3.03. The molecule has 0 unspecified atom stereocenters. The Kier molecular flexibility index (Phi) is 7.03. The van der Waals surface area contributed by atoms with Crippen molar-refractivity contribution in [3.05, 3.63) is 59.7 Å². The Morgan fingerprint density at radius 3 is 2.64 bits per heavy atom. The molecule has 0 aliphatic carbocycles. The minimum absolute atomic E-state index is 0.328. The van der Waals surface area contributed by atoms with Crippen molar-refractivity contribution in [1.82, 2.24) is 0 Å². The SMILES string of the molecule is COc1ccc(C=NN=C(N)SCc2ccccc2)cc1OC(C)=O. The molecular weight excluding hydrogens is 338 g/mol. The van der Waals surface area contributed by atoms with Crippen LogP contribution in [0, 0.1) is 0 Å². The van der Waals surface area contributed by atoms with E-state index in [0.717, 1.165) is 11.3 Å². The van der Waals surface area contributed by atoms with Crippen molar-refractivity contribution >= 4 is 29.1 Å². The minimum Gasteiger partial charge on any atom is -0.493 e. The lowest BCUT2D eigenvalue weighted by molar-refractivity contribution is -0.132. The van der Waals surface area contributed by atoms with Crippen LogP contribution in [-0.2, 0) is 10.5 Å². The van der Waals surface area contributed by atoms with E-state index in [9.17, 15) is 4.79 Å². The summed E-state index contributed by atoms with van der Waals surface area (Å²) in [6, 6.07) is 15.1. The molecule has 0 heterocycles. The quantitative estimate of drug-likeness (QED) is 0.282. The average Bonchev–Trinajstić information content (AvgIpc) is 2.60. The first kappa shape index (κ1) is 18.5. The van der Waals surface area contributed by atoms with Gasteiger partial charge in [0.05, 0.1) is 13.3 Å². The number of hydrogen-bond acceptors (Lipinski definition) is 6. The zero-order chi connectivity index (χ0) is 18.1. The zero-order valence-electron chi connectivity index (χ0n) is 14.0. The molecule has 2 N–H and O–H groups in total. The fourth-order valence-corrected chi connectivity index (χ4v) is 2.53. The zero-order valence-corrected chi connectivity index (χ0v) is 14.8. The molecule has 130 valence electrons. The summed E-state index contributed by atoms with van der Waals surface area (Å²) < 4.78 is 10.2. The van der Waals surface area contributed by atoms with E-state index in [2.05, 4.69) is 10.2 Å². The van der Waals surface area contributed by atoms with Gasteiger partial charge in [0, 0.05) is 12.7 Å². The number of carbonyl (C=O) groups is 1. The van der Waals surface area contributed by atoms with Crippen LogP contribution in [0.4, 0.5) is 0 Å². The normalized spacial score (nSPS) is 11.5. The number of methoxy groups -OCH3 is 1. The molecule has 25 heavy (non-hydrogen) atoms. The number of ether oxygens (including phenoxy) is 2. The van der Waals surface area contributed by atoms with Crippen LogP contribution in [0.25, 0.3) is 0 Å². The fourth-order valence-electron chi connectivity index (χ4n) is 1.92. The predicted molar refractivity (Wildman–Crippen MR) is 101 cm³/mol. The van der Waals surface area contributed by atoms with Crippen molar-refractivity contribution < 1.29 is 14.3 Å². The Balaban J connectivity index is 1.99. The van der Waals surface area contributed by atoms with E-state index in [1.807, 2.05) is 30.3 Å². The number of thioether (sulfide) groups is 1. The van der Waals surface area contributed by atoms with Gasteiger partial charge >= 0.3 is 5.97 Å². The van der Waals surface area contributed by atoms with Crippen molar-refractivity contribution in [3.63, 3.8) is 0 Å². The van der Waals surface area contributed by atoms with Crippen LogP contribution in [0.2, 0.25) is 0 Å². The van der Waals surface area contributed by atoms with Gasteiger partial charge in [0.2, 0.25) is 0 Å². The molecule has 0 aromatic heterocycles. The van der Waals surface area contributed by atoms with E-state index in [0.29, 0.717) is 22.2 Å². The number of esters is 1. The molecule has 0 spiro atoms. The van der Waals surface area contributed by atoms with Crippen molar-refractivity contribution in [2.45, 2.75) is 12.7 Å². The Hall–Kier alpha value is -2.80. The Bertz CT molecular complexity index is 776. The number of nitrogens with two attached hydrogens (primary N) is 1. The van der Waals surface area contributed by atoms with Crippen LogP contribution in [0.5, 0.6) is 11.5 Å². The highest BCUT2D eigenvalue weighted by atomic mass is 32.2. The molecule has 0 fully saturated rings. The molecule has 2 aromatic carbocycles. The van der Waals surface area contributed by atoms with E-state index in [1.54, 1.807) is 18.2 Å². The molecule has 2 aromatic rings. The number of rotatable bonds is 6. The molecule has 0 bridgehead atoms. The predicted octanol–water partition coefficient (Wildman–Crippen LogP) is 3.20. The van der Waals surface area contributed by atoms with Crippen molar-refractivity contribution in [2.75, 3.05) is 7.11 Å². The highest BCUT2D eigenvalue weighted by Crippen LogP contribution is 2.27. The standard InChI is InChI=1S/C18H19N3O3S/c1-13(22)24-17-10-15(8-9-16(17)23-2)11-20-21-18(19)25-12-14-6-4-3-5-7-14/h3-11H,12H2,1-2H3,(H2,19,21). The average molecular weight is 357 g/mol. The third kappa shape index (κ3) is 6.31. The molecule has 6 nitrogen and oxygen atoms in total. The first-order chi connectivity index (χ1) is 12.1. The summed E-state index contributed by atoms with van der Waals surface area (Å²) in [4.78, 5) is 11.1. The van der Waals surface area contributed by atoms with Gasteiger partial charge in [-0.05, 0) is 29.3 Å². The van der Waals surface area contributed by atoms with E-state index < -0.39 is 5.97 Å². The summed E-state index contributed by atoms with van der Waals surface area (Å²) in [6.07, 6.45) is 1.53. The lowest BCUT2D eigenvalue weighted by Gasteiger charge is -2.08. The maximum atomic E-state index is 11.1. The van der Waals surface area contributed by atoms with Crippen LogP contribution >= 0.6 is 11.8 Å². The van der Waals surface area contributed by atoms with E-state index >= 15 is 0 Å². The van der Waals surface area contributed by atoms with Crippen molar-refractivity contribution in [3.8, 4) is 11.5 Å². The lowest BCUT2D eigenvalue weighted by Crippen LogP contribution is -2.06. The van der Waals surface area contributed by atoms with E-state index in [1.165, 1.54) is 32.0 Å². The van der Waals surface area contributed by atoms with E-state index in [-0.39, 0.29) is 0 Å². The Labute approximate surface area is 150 Å². The summed E-state index contributed by atoms with van der Waals surface area (Å²) >= 11 is 1.41. The topological polar surface area (TPSA) is 86.3 Å². The lowest BCUT2D eigenvalue weighted by atomic mass is 10.2. The van der Waals surface area contributed by atoms with Crippen LogP contribution in [0.1, 0.15) is 18.1 Å². The second-order valence-electron chi connectivity index (χ2n) is 4.96. The highest BCUT2D eigenvalue weighted by molar-refractivity contribution is 8.13. The van der Waals surface area contributed by atoms with Gasteiger partial charge in [0.25, 0.3) is 0 Å². The maximum Gasteiger partial charge on any atom is 0.308 e. The summed E-state index contributed by atoms with van der Waals surface area (Å²) in [6.45, 7) is 1.33. The Morgan fingerprint density at radius 2 is 1.96 bits per heavy atom. The van der Waals surface area contributed by atoms with Gasteiger partial charge < -0.3 is 15.2 Å². The van der Waals surface area contributed by atoms with Gasteiger partial charge in [-0.3, -0.25) is 4.79 Å². The fraction of sp³-hybridized carbons (Fsp3) is 0.167. The summed E-state index contributed by atoms with van der Waals surface area (Å²) in [5, 5.41) is 8.29. The van der Waals surface area contributed by atoms with Crippen LogP contribution < -0.4 is 15.2 Å². The van der Waals surface area contributed by atoms with Gasteiger partial charge in [-0.25, -0.2) is 0 Å². The molecule has 7 heteroatoms. The van der Waals surface area contributed by atoms with Gasteiger partial charge in [-0.1, -0.05) is 42.1 Å². The number of benzene rings is 2. The van der Waals surface area contributed by atoms with Gasteiger partial charge in [0.1, 0.15) is 0 Å². The molecule has 0 aliphatic rings. The van der Waals surface area contributed by atoms with Gasteiger partial charge in [-0.2, -0.15) is 5.10 Å². The highest BCUT2D eigenvalue weighted by Gasteiger charge is 2.07. The molecule has 0 amide bonds. The molecule has 2 rings (SSSR count). The summed E-state index contributed by atoms with van der Waals surface area (Å²) in [5.41, 5.74) is 7.71. The summed E-state index contributed by atoms with van der Waals surface area (Å²) in [7, 11) is 1.51. The van der Waals surface area contributed by atoms with E-state index in [4.69, 9.17) is 15.2 Å². The van der Waals surface area contributed by atoms with Crippen molar-refractivity contribution in [1.29, 1.82) is 0 Å². The largest absolute Gasteiger partial charge is 0.493 e. The molecular formula is C18H19N3O3S. The van der Waals surface area contributed by atoms with Gasteiger partial charge in [-0.15, -0.1) is 5.10 Å². The minimum atomic E-state index is -0.424. The monoisotopic (exact) mass is 357 g/mol. The molecule has 0 atom stereocenters. The Morgan fingerprint density at radius 1 is 1.20 bits per heavy atom. The second kappa shape index (κ2) is 9.48. The molecule has 0 saturated carbocycles. The number of hydrogen-bond donors (Lipinski definition) is 1. The van der Waals surface area contributed by atoms with Crippen LogP contribution in [-0.4, -0.2) is 24.5 Å². The third-order valence-corrected chi connectivity index (χ3v) is 3.89. The first-order valence-corrected chi connectivity index (χ1v) is 8.46. The molecule has 0 radical (unpaired) electrons. The van der Waals surface area contributed by atoms with Gasteiger partial charge in [0.15, 0.2) is 16.7 Å². The number of nitrogens with zero attached hydrogens (tertiary/aromatic N) is 2.